The summed E-state index contributed by atoms with van der Waals surface area (Å²) in [6.07, 6.45) is 71.2. The summed E-state index contributed by atoms with van der Waals surface area (Å²) in [5.41, 5.74) is 0. The lowest BCUT2D eigenvalue weighted by molar-refractivity contribution is -0.150. The fraction of sp³-hybridized carbons (Fsp3) is 0.586. The number of ether oxygens (including phenoxy) is 1. The number of unbranched alkanes of at least 4 members (excludes halogenated alkanes) is 14. The van der Waals surface area contributed by atoms with Crippen molar-refractivity contribution in [3.8, 4) is 0 Å². The second-order valence-electron chi connectivity index (χ2n) is 16.6. The van der Waals surface area contributed by atoms with Gasteiger partial charge in [0.25, 0.3) is 0 Å². The van der Waals surface area contributed by atoms with Crippen molar-refractivity contribution in [1.82, 2.24) is 5.32 Å². The van der Waals surface area contributed by atoms with Gasteiger partial charge >= 0.3 is 5.97 Å². The van der Waals surface area contributed by atoms with Gasteiger partial charge in [-0.15, -0.1) is 0 Å². The highest BCUT2D eigenvalue weighted by Crippen LogP contribution is 2.15. The number of carbonyl (C=O) groups is 2. The van der Waals surface area contributed by atoms with E-state index in [1.165, 1.54) is 77.0 Å². The number of allylic oxidation sites excluding steroid dienone is 21. The highest BCUT2D eigenvalue weighted by Gasteiger charge is 2.23. The van der Waals surface area contributed by atoms with Crippen LogP contribution in [-0.4, -0.2) is 46.9 Å². The maximum atomic E-state index is 13.2. The molecule has 3 atom stereocenters. The summed E-state index contributed by atoms with van der Waals surface area (Å²) >= 11 is 0. The van der Waals surface area contributed by atoms with Gasteiger partial charge < -0.3 is 20.3 Å². The molecule has 0 heterocycles. The molecule has 6 heteroatoms. The third kappa shape index (κ3) is 44.6. The van der Waals surface area contributed by atoms with E-state index >= 15 is 0 Å². The van der Waals surface area contributed by atoms with Crippen molar-refractivity contribution in [2.24, 2.45) is 0 Å². The van der Waals surface area contributed by atoms with Crippen LogP contribution in [0.25, 0.3) is 0 Å². The Labute approximate surface area is 393 Å². The molecule has 6 nitrogen and oxygen atoms in total. The fourth-order valence-electron chi connectivity index (χ4n) is 6.83. The van der Waals surface area contributed by atoms with Crippen LogP contribution in [0.3, 0.4) is 0 Å². The van der Waals surface area contributed by atoms with E-state index in [1.54, 1.807) is 0 Å². The van der Waals surface area contributed by atoms with Crippen molar-refractivity contribution in [3.05, 3.63) is 134 Å². The van der Waals surface area contributed by atoms with Crippen LogP contribution in [0.15, 0.2) is 134 Å². The van der Waals surface area contributed by atoms with Crippen molar-refractivity contribution in [2.45, 2.75) is 212 Å². The lowest BCUT2D eigenvalue weighted by atomic mass is 10.0. The Morgan fingerprint density at radius 3 is 1.36 bits per heavy atom. The van der Waals surface area contributed by atoms with Gasteiger partial charge in [0.15, 0.2) is 0 Å². The summed E-state index contributed by atoms with van der Waals surface area (Å²) in [4.78, 5) is 26.0. The second kappa shape index (κ2) is 50.0. The van der Waals surface area contributed by atoms with Gasteiger partial charge in [0.1, 0.15) is 6.10 Å². The standard InChI is InChI=1S/C58H93NO5/c1-4-7-10-13-16-19-22-24-26-27-28-29-31-33-36-39-42-45-48-51-58(63)64-54(49-46-43-40-37-34-21-18-15-12-9-6-3)52-57(62)59-55(53-60)56(61)50-47-44-41-38-35-32-30-25-23-20-17-14-11-8-5-2/h7,9-10,12,15-16,18-19,21,24,26,28-29,33-34,36-37,40,42-43,45-46,54-56,60-61H,4-6,8,11,13-14,17,20,22-23,25,27,30-32,35,38-39,41,44,47-53H2,1-3H3,(H,59,62)/b10-7-,12-9+,18-15+,19-16-,26-24-,29-28-,34-21-,36-33-,40-37-,45-42-,46-43+. The molecule has 0 aliphatic rings. The third-order valence-corrected chi connectivity index (χ3v) is 10.6. The van der Waals surface area contributed by atoms with Crippen LogP contribution in [0.1, 0.15) is 194 Å². The van der Waals surface area contributed by atoms with E-state index in [9.17, 15) is 19.8 Å². The largest absolute Gasteiger partial charge is 0.461 e. The van der Waals surface area contributed by atoms with Crippen molar-refractivity contribution in [3.63, 3.8) is 0 Å². The number of esters is 1. The zero-order chi connectivity index (χ0) is 46.7. The van der Waals surface area contributed by atoms with Gasteiger partial charge in [-0.05, 0) is 57.8 Å². The Morgan fingerprint density at radius 2 is 0.906 bits per heavy atom. The predicted octanol–water partition coefficient (Wildman–Crippen LogP) is 15.4. The first-order valence-electron chi connectivity index (χ1n) is 25.5. The molecule has 3 unspecified atom stereocenters. The molecule has 0 aromatic rings. The molecule has 0 saturated carbocycles. The van der Waals surface area contributed by atoms with Gasteiger partial charge in [0.2, 0.25) is 5.91 Å². The molecule has 1 amide bonds. The van der Waals surface area contributed by atoms with Crippen LogP contribution in [0.5, 0.6) is 0 Å². The normalized spacial score (nSPS) is 14.4. The molecule has 0 radical (unpaired) electrons. The van der Waals surface area contributed by atoms with Crippen molar-refractivity contribution in [2.75, 3.05) is 6.61 Å². The fourth-order valence-corrected chi connectivity index (χ4v) is 6.83. The quantitative estimate of drug-likeness (QED) is 0.0245. The van der Waals surface area contributed by atoms with E-state index in [0.717, 1.165) is 64.2 Å². The minimum absolute atomic E-state index is 0.0577. The first kappa shape index (κ1) is 60.0. The Balaban J connectivity index is 4.76. The van der Waals surface area contributed by atoms with E-state index < -0.39 is 18.2 Å². The minimum atomic E-state index is -0.839. The molecule has 0 aromatic carbocycles. The number of rotatable bonds is 43. The molecule has 0 rings (SSSR count). The molecule has 0 aliphatic carbocycles. The zero-order valence-corrected chi connectivity index (χ0v) is 40.9. The lowest BCUT2D eigenvalue weighted by Gasteiger charge is -2.24. The van der Waals surface area contributed by atoms with Gasteiger partial charge in [-0.2, -0.15) is 0 Å². The van der Waals surface area contributed by atoms with Crippen LogP contribution in [0, 0.1) is 0 Å². The molecule has 0 fully saturated rings. The average molecular weight is 884 g/mol. The number of amides is 1. The van der Waals surface area contributed by atoms with Crippen molar-refractivity contribution >= 4 is 11.9 Å². The molecular weight excluding hydrogens is 791 g/mol. The second-order valence-corrected chi connectivity index (χ2v) is 16.6. The molecule has 64 heavy (non-hydrogen) atoms. The van der Waals surface area contributed by atoms with Gasteiger partial charge in [-0.1, -0.05) is 251 Å². The Morgan fingerprint density at radius 1 is 0.500 bits per heavy atom. The van der Waals surface area contributed by atoms with Crippen LogP contribution < -0.4 is 5.32 Å². The SMILES string of the molecule is CC/C=C\C/C=C\C/C=C\C/C=C\C/C=C\C/C=C\CCC(=O)OC(C/C=C/C=C\C=C/C=C/C=C/CC)CC(=O)NC(CO)C(O)CCCCCCCCCCCCCCCCC. The Hall–Kier alpha value is -4.00. The molecule has 3 N–H and O–H groups in total. The summed E-state index contributed by atoms with van der Waals surface area (Å²) in [5, 5.41) is 23.7. The number of hydrogen-bond donors (Lipinski definition) is 3. The zero-order valence-electron chi connectivity index (χ0n) is 40.9. The summed E-state index contributed by atoms with van der Waals surface area (Å²) in [6, 6.07) is -0.764. The van der Waals surface area contributed by atoms with Gasteiger partial charge in [0, 0.05) is 12.8 Å². The number of aliphatic hydroxyl groups is 2. The first-order chi connectivity index (χ1) is 31.5. The van der Waals surface area contributed by atoms with E-state index in [0.29, 0.717) is 19.3 Å². The number of aliphatic hydroxyl groups excluding tert-OH is 2. The molecule has 360 valence electrons. The van der Waals surface area contributed by atoms with E-state index in [2.05, 4.69) is 92.9 Å². The van der Waals surface area contributed by atoms with E-state index in [1.807, 2.05) is 66.8 Å². The number of carbonyl (C=O) groups excluding carboxylic acids is 2. The number of nitrogens with one attached hydrogen (secondary N) is 1. The van der Waals surface area contributed by atoms with Crippen molar-refractivity contribution in [1.29, 1.82) is 0 Å². The molecule has 0 bridgehead atoms. The van der Waals surface area contributed by atoms with Gasteiger partial charge in [-0.3, -0.25) is 9.59 Å². The summed E-state index contributed by atoms with van der Waals surface area (Å²) in [6.45, 7) is 6.15. The van der Waals surface area contributed by atoms with Crippen molar-refractivity contribution < 1.29 is 24.5 Å². The van der Waals surface area contributed by atoms with E-state index in [-0.39, 0.29) is 31.3 Å². The third-order valence-electron chi connectivity index (χ3n) is 10.6. The lowest BCUT2D eigenvalue weighted by Crippen LogP contribution is -2.46. The van der Waals surface area contributed by atoms with E-state index in [4.69, 9.17) is 4.74 Å². The Kier molecular flexibility index (Phi) is 46.9. The monoisotopic (exact) mass is 884 g/mol. The molecule has 0 aromatic heterocycles. The minimum Gasteiger partial charge on any atom is -0.461 e. The van der Waals surface area contributed by atoms with Crippen LogP contribution in [-0.2, 0) is 14.3 Å². The van der Waals surface area contributed by atoms with Crippen LogP contribution in [0.4, 0.5) is 0 Å². The van der Waals surface area contributed by atoms with Gasteiger partial charge in [-0.25, -0.2) is 0 Å². The highest BCUT2D eigenvalue weighted by atomic mass is 16.5. The number of hydrogen-bond acceptors (Lipinski definition) is 5. The summed E-state index contributed by atoms with van der Waals surface area (Å²) in [5.74, 6) is -0.722. The molecule has 0 saturated heterocycles. The summed E-state index contributed by atoms with van der Waals surface area (Å²) in [7, 11) is 0. The maximum Gasteiger partial charge on any atom is 0.306 e. The highest BCUT2D eigenvalue weighted by molar-refractivity contribution is 5.77. The smallest absolute Gasteiger partial charge is 0.306 e. The first-order valence-corrected chi connectivity index (χ1v) is 25.5. The topological polar surface area (TPSA) is 95.9 Å². The predicted molar refractivity (Wildman–Crippen MR) is 277 cm³/mol. The van der Waals surface area contributed by atoms with Gasteiger partial charge in [0.05, 0.1) is 25.2 Å². The Bertz CT molecular complexity index is 1410. The van der Waals surface area contributed by atoms with Crippen LogP contribution in [0.2, 0.25) is 0 Å². The molecular formula is C58H93NO5. The molecule has 0 spiro atoms. The maximum absolute atomic E-state index is 13.2. The summed E-state index contributed by atoms with van der Waals surface area (Å²) < 4.78 is 5.79. The molecule has 0 aliphatic heterocycles. The van der Waals surface area contributed by atoms with Crippen LogP contribution >= 0.6 is 0 Å². The average Bonchev–Trinajstić information content (AvgIpc) is 3.29.